The van der Waals surface area contributed by atoms with Gasteiger partial charge in [0.2, 0.25) is 5.88 Å². The van der Waals surface area contributed by atoms with Crippen LogP contribution in [0.25, 0.3) is 0 Å². The number of ether oxygens (including phenoxy) is 1. The second-order valence-electron chi connectivity index (χ2n) is 4.88. The first-order valence-electron chi connectivity index (χ1n) is 6.45. The Morgan fingerprint density at radius 3 is 2.76 bits per heavy atom. The maximum Gasteiger partial charge on any atom is 0.422 e. The number of hydrogen-bond donors (Lipinski definition) is 1. The van der Waals surface area contributed by atoms with E-state index in [1.54, 1.807) is 4.90 Å². The topological polar surface area (TPSA) is 62.7 Å². The van der Waals surface area contributed by atoms with Gasteiger partial charge in [0.1, 0.15) is 0 Å². The molecule has 0 saturated carbocycles. The first-order chi connectivity index (χ1) is 9.89. The molecule has 1 amide bonds. The molecule has 2 heterocycles. The Hall–Kier alpha value is -1.83. The van der Waals surface area contributed by atoms with Crippen molar-refractivity contribution in [2.24, 2.45) is 5.92 Å². The molecule has 21 heavy (non-hydrogen) atoms. The average molecular weight is 304 g/mol. The van der Waals surface area contributed by atoms with E-state index in [0.717, 1.165) is 6.42 Å². The molecule has 1 unspecified atom stereocenters. The minimum Gasteiger partial charge on any atom is -0.468 e. The highest BCUT2D eigenvalue weighted by Crippen LogP contribution is 2.20. The molecule has 0 bridgehead atoms. The van der Waals surface area contributed by atoms with Crippen LogP contribution in [0.5, 0.6) is 5.88 Å². The third-order valence-electron chi connectivity index (χ3n) is 3.20. The number of carbonyl (C=O) groups is 1. The third-order valence-corrected chi connectivity index (χ3v) is 3.20. The minimum atomic E-state index is -4.43. The predicted molar refractivity (Wildman–Crippen MR) is 66.9 cm³/mol. The van der Waals surface area contributed by atoms with Crippen molar-refractivity contribution in [2.45, 2.75) is 12.6 Å². The van der Waals surface area contributed by atoms with Crippen LogP contribution in [0, 0.1) is 5.92 Å². The number of likely N-dealkylation sites (tertiary alicyclic amines) is 1. The number of aromatic nitrogens is 1. The van der Waals surface area contributed by atoms with Crippen LogP contribution in [-0.2, 0) is 0 Å². The highest BCUT2D eigenvalue weighted by Gasteiger charge is 2.29. The summed E-state index contributed by atoms with van der Waals surface area (Å²) in [6.07, 6.45) is -2.49. The van der Waals surface area contributed by atoms with E-state index < -0.39 is 12.8 Å². The normalized spacial score (nSPS) is 18.9. The molecule has 1 aromatic rings. The highest BCUT2D eigenvalue weighted by atomic mass is 19.4. The van der Waals surface area contributed by atoms with Gasteiger partial charge in [-0.05, 0) is 12.5 Å². The fourth-order valence-electron chi connectivity index (χ4n) is 2.10. The Bertz CT molecular complexity index is 490. The maximum atomic E-state index is 12.1. The van der Waals surface area contributed by atoms with E-state index in [4.69, 9.17) is 5.11 Å². The lowest BCUT2D eigenvalue weighted by molar-refractivity contribution is -0.154. The van der Waals surface area contributed by atoms with Crippen molar-refractivity contribution in [1.29, 1.82) is 0 Å². The van der Waals surface area contributed by atoms with Crippen LogP contribution in [0.15, 0.2) is 18.3 Å². The summed E-state index contributed by atoms with van der Waals surface area (Å²) in [4.78, 5) is 17.4. The molecule has 1 atom stereocenters. The fourth-order valence-corrected chi connectivity index (χ4v) is 2.10. The number of aliphatic hydroxyl groups excluding tert-OH is 1. The SMILES string of the molecule is O=C(c1ccc(OCC(F)(F)F)nc1)N1CCC(CO)C1. The molecule has 1 N–H and O–H groups in total. The summed E-state index contributed by atoms with van der Waals surface area (Å²) in [5, 5.41) is 9.04. The van der Waals surface area contributed by atoms with Crippen LogP contribution < -0.4 is 4.74 Å². The van der Waals surface area contributed by atoms with Crippen molar-refractivity contribution in [2.75, 3.05) is 26.3 Å². The smallest absolute Gasteiger partial charge is 0.422 e. The van der Waals surface area contributed by atoms with Gasteiger partial charge in [-0.2, -0.15) is 13.2 Å². The number of pyridine rings is 1. The summed E-state index contributed by atoms with van der Waals surface area (Å²) in [6, 6.07) is 2.62. The Labute approximate surface area is 119 Å². The van der Waals surface area contributed by atoms with Crippen molar-refractivity contribution >= 4 is 5.91 Å². The van der Waals surface area contributed by atoms with Crippen molar-refractivity contribution < 1.29 is 27.8 Å². The molecular weight excluding hydrogens is 289 g/mol. The first kappa shape index (κ1) is 15.6. The van der Waals surface area contributed by atoms with Gasteiger partial charge in [-0.1, -0.05) is 0 Å². The van der Waals surface area contributed by atoms with Gasteiger partial charge in [-0.15, -0.1) is 0 Å². The summed E-state index contributed by atoms with van der Waals surface area (Å²) >= 11 is 0. The van der Waals surface area contributed by atoms with E-state index in [0.29, 0.717) is 13.1 Å². The monoisotopic (exact) mass is 304 g/mol. The van der Waals surface area contributed by atoms with Crippen molar-refractivity contribution in [3.8, 4) is 5.88 Å². The van der Waals surface area contributed by atoms with Crippen LogP contribution >= 0.6 is 0 Å². The molecule has 0 aliphatic carbocycles. The number of rotatable bonds is 4. The van der Waals surface area contributed by atoms with E-state index in [1.807, 2.05) is 0 Å². The van der Waals surface area contributed by atoms with Crippen LogP contribution in [0.4, 0.5) is 13.2 Å². The van der Waals surface area contributed by atoms with Gasteiger partial charge in [-0.3, -0.25) is 4.79 Å². The Kier molecular flexibility index (Phi) is 4.66. The summed E-state index contributed by atoms with van der Waals surface area (Å²) in [7, 11) is 0. The molecule has 1 aromatic heterocycles. The van der Waals surface area contributed by atoms with Gasteiger partial charge in [0.15, 0.2) is 6.61 Å². The van der Waals surface area contributed by atoms with Crippen LogP contribution in [0.3, 0.4) is 0 Å². The standard InChI is InChI=1S/C13H15F3N2O3/c14-13(15,16)8-21-11-2-1-10(5-17-11)12(20)18-4-3-9(6-18)7-19/h1-2,5,9,19H,3-4,6-8H2. The summed E-state index contributed by atoms with van der Waals surface area (Å²) in [6.45, 7) is -0.359. The van der Waals surface area contributed by atoms with E-state index in [1.165, 1.54) is 18.3 Å². The number of hydrogen-bond acceptors (Lipinski definition) is 4. The van der Waals surface area contributed by atoms with Gasteiger partial charge in [0.05, 0.1) is 5.56 Å². The van der Waals surface area contributed by atoms with Crippen molar-refractivity contribution in [3.63, 3.8) is 0 Å². The Morgan fingerprint density at radius 2 is 2.24 bits per heavy atom. The first-order valence-corrected chi connectivity index (χ1v) is 6.45. The minimum absolute atomic E-state index is 0.0340. The van der Waals surface area contributed by atoms with Crippen molar-refractivity contribution in [3.05, 3.63) is 23.9 Å². The molecular formula is C13H15F3N2O3. The summed E-state index contributed by atoms with van der Waals surface area (Å²) in [5.74, 6) is -0.351. The highest BCUT2D eigenvalue weighted by molar-refractivity contribution is 5.94. The maximum absolute atomic E-state index is 12.1. The van der Waals surface area contributed by atoms with Gasteiger partial charge < -0.3 is 14.7 Å². The van der Waals surface area contributed by atoms with Gasteiger partial charge >= 0.3 is 6.18 Å². The molecule has 1 aliphatic rings. The number of amides is 1. The lowest BCUT2D eigenvalue weighted by Gasteiger charge is -2.16. The Balaban J connectivity index is 1.94. The second kappa shape index (κ2) is 6.30. The van der Waals surface area contributed by atoms with Crippen LogP contribution in [0.2, 0.25) is 0 Å². The van der Waals surface area contributed by atoms with Crippen LogP contribution in [-0.4, -0.2) is 53.4 Å². The molecule has 2 rings (SSSR count). The zero-order valence-electron chi connectivity index (χ0n) is 11.1. The molecule has 8 heteroatoms. The Morgan fingerprint density at radius 1 is 1.48 bits per heavy atom. The fraction of sp³-hybridized carbons (Fsp3) is 0.538. The predicted octanol–water partition coefficient (Wildman–Crippen LogP) is 1.48. The summed E-state index contributed by atoms with van der Waals surface area (Å²) < 4.78 is 40.4. The third kappa shape index (κ3) is 4.32. The van der Waals surface area contributed by atoms with E-state index >= 15 is 0 Å². The number of nitrogens with zero attached hydrogens (tertiary/aromatic N) is 2. The van der Waals surface area contributed by atoms with Crippen LogP contribution in [0.1, 0.15) is 16.8 Å². The molecule has 116 valence electrons. The second-order valence-corrected chi connectivity index (χ2v) is 4.88. The molecule has 1 aliphatic heterocycles. The lowest BCUT2D eigenvalue weighted by Crippen LogP contribution is -2.29. The zero-order valence-corrected chi connectivity index (χ0v) is 11.1. The van der Waals surface area contributed by atoms with E-state index in [-0.39, 0.29) is 29.9 Å². The van der Waals surface area contributed by atoms with E-state index in [9.17, 15) is 18.0 Å². The summed E-state index contributed by atoms with van der Waals surface area (Å²) in [5.41, 5.74) is 0.285. The number of carbonyl (C=O) groups excluding carboxylic acids is 1. The molecule has 5 nitrogen and oxygen atoms in total. The molecule has 0 aromatic carbocycles. The number of halogens is 3. The quantitative estimate of drug-likeness (QED) is 0.915. The van der Waals surface area contributed by atoms with Crippen molar-refractivity contribution in [1.82, 2.24) is 9.88 Å². The van der Waals surface area contributed by atoms with Gasteiger partial charge in [0, 0.05) is 37.9 Å². The lowest BCUT2D eigenvalue weighted by atomic mass is 10.1. The number of alkyl halides is 3. The zero-order chi connectivity index (χ0) is 15.5. The molecule has 1 saturated heterocycles. The van der Waals surface area contributed by atoms with Gasteiger partial charge in [-0.25, -0.2) is 4.98 Å². The largest absolute Gasteiger partial charge is 0.468 e. The molecule has 1 fully saturated rings. The molecule has 0 spiro atoms. The van der Waals surface area contributed by atoms with E-state index in [2.05, 4.69) is 9.72 Å². The van der Waals surface area contributed by atoms with Gasteiger partial charge in [0.25, 0.3) is 5.91 Å². The number of aliphatic hydroxyl groups is 1. The molecule has 0 radical (unpaired) electrons. The average Bonchev–Trinajstić information content (AvgIpc) is 2.93.